The first-order chi connectivity index (χ1) is 15.0. The second-order valence-electron chi connectivity index (χ2n) is 7.29. The van der Waals surface area contributed by atoms with Gasteiger partial charge in [0.15, 0.2) is 11.5 Å². The molecular weight excluding hydrogens is 418 g/mol. The highest BCUT2D eigenvalue weighted by molar-refractivity contribution is 6.17. The first kappa shape index (κ1) is 21.0. The molecule has 2 amide bonds. The van der Waals surface area contributed by atoms with E-state index in [4.69, 9.17) is 26.8 Å². The molecule has 0 spiro atoms. The maximum absolute atomic E-state index is 12.1. The van der Waals surface area contributed by atoms with E-state index in [1.165, 1.54) is 6.33 Å². The molecule has 0 saturated carbocycles. The van der Waals surface area contributed by atoms with Gasteiger partial charge in [-0.1, -0.05) is 24.3 Å². The van der Waals surface area contributed by atoms with E-state index in [0.717, 1.165) is 27.8 Å². The molecule has 4 rings (SSSR count). The predicted molar refractivity (Wildman–Crippen MR) is 120 cm³/mol. The van der Waals surface area contributed by atoms with Gasteiger partial charge in [-0.05, 0) is 17.2 Å². The summed E-state index contributed by atoms with van der Waals surface area (Å²) in [5.41, 5.74) is 8.45. The van der Waals surface area contributed by atoms with Gasteiger partial charge >= 0.3 is 6.03 Å². The number of halogens is 1. The summed E-state index contributed by atoms with van der Waals surface area (Å²) >= 11 is 5.92. The zero-order valence-corrected chi connectivity index (χ0v) is 18.2. The number of ether oxygens (including phenoxy) is 2. The van der Waals surface area contributed by atoms with E-state index in [9.17, 15) is 4.79 Å². The molecule has 3 aromatic rings. The van der Waals surface area contributed by atoms with Crippen LogP contribution in [0.15, 0.2) is 42.7 Å². The van der Waals surface area contributed by atoms with Crippen molar-refractivity contribution in [2.75, 3.05) is 38.8 Å². The van der Waals surface area contributed by atoms with Crippen LogP contribution in [0.3, 0.4) is 0 Å². The summed E-state index contributed by atoms with van der Waals surface area (Å²) in [7, 11) is 3.19. The Morgan fingerprint density at radius 3 is 2.48 bits per heavy atom. The summed E-state index contributed by atoms with van der Waals surface area (Å²) in [6, 6.07) is 11.0. The molecule has 31 heavy (non-hydrogen) atoms. The van der Waals surface area contributed by atoms with Crippen LogP contribution in [0.5, 0.6) is 11.5 Å². The third kappa shape index (κ3) is 4.03. The van der Waals surface area contributed by atoms with Crippen molar-refractivity contribution >= 4 is 34.4 Å². The minimum Gasteiger partial charge on any atom is -0.493 e. The van der Waals surface area contributed by atoms with Crippen molar-refractivity contribution < 1.29 is 14.3 Å². The minimum absolute atomic E-state index is 0.208. The van der Waals surface area contributed by atoms with Gasteiger partial charge in [0.25, 0.3) is 0 Å². The fraction of sp³-hybridized carbons (Fsp3) is 0.318. The number of nitrogens with two attached hydrogens (primary N) is 1. The highest BCUT2D eigenvalue weighted by atomic mass is 35.5. The number of amides is 2. The lowest BCUT2D eigenvalue weighted by molar-refractivity contribution is 0.175. The number of piperazine rings is 1. The molecule has 8 nitrogen and oxygen atoms in total. The van der Waals surface area contributed by atoms with Crippen molar-refractivity contribution in [3.63, 3.8) is 0 Å². The lowest BCUT2D eigenvalue weighted by Gasteiger charge is -2.41. The van der Waals surface area contributed by atoms with Crippen LogP contribution in [0.4, 0.5) is 10.6 Å². The largest absolute Gasteiger partial charge is 0.493 e. The molecule has 1 fully saturated rings. The number of carbonyl (C=O) groups excluding carboxylic acids is 1. The van der Waals surface area contributed by atoms with Crippen molar-refractivity contribution in [2.24, 2.45) is 5.73 Å². The number of urea groups is 1. The molecule has 1 aliphatic heterocycles. The maximum Gasteiger partial charge on any atom is 0.315 e. The van der Waals surface area contributed by atoms with Gasteiger partial charge in [-0.3, -0.25) is 0 Å². The van der Waals surface area contributed by atoms with Crippen LogP contribution in [0, 0.1) is 0 Å². The van der Waals surface area contributed by atoms with Crippen LogP contribution in [-0.4, -0.2) is 54.8 Å². The molecule has 162 valence electrons. The second kappa shape index (κ2) is 8.85. The minimum atomic E-state index is -0.440. The fourth-order valence-corrected chi connectivity index (χ4v) is 4.15. The molecule has 0 bridgehead atoms. The lowest BCUT2D eigenvalue weighted by Crippen LogP contribution is -2.52. The Hall–Kier alpha value is -3.26. The van der Waals surface area contributed by atoms with Crippen molar-refractivity contribution in [3.8, 4) is 11.5 Å². The Morgan fingerprint density at radius 1 is 1.13 bits per heavy atom. The van der Waals surface area contributed by atoms with Gasteiger partial charge in [0.1, 0.15) is 12.1 Å². The first-order valence-electron chi connectivity index (χ1n) is 9.88. The third-order valence-electron chi connectivity index (χ3n) is 5.60. The Labute approximate surface area is 185 Å². The molecule has 2 N–H and O–H groups in total. The number of aromatic nitrogens is 2. The summed E-state index contributed by atoms with van der Waals surface area (Å²) in [6.07, 6.45) is 1.54. The monoisotopic (exact) mass is 441 g/mol. The zero-order valence-electron chi connectivity index (χ0n) is 17.4. The van der Waals surface area contributed by atoms with Gasteiger partial charge in [0.2, 0.25) is 0 Å². The van der Waals surface area contributed by atoms with Crippen molar-refractivity contribution in [1.29, 1.82) is 0 Å². The van der Waals surface area contributed by atoms with E-state index in [1.54, 1.807) is 19.1 Å². The van der Waals surface area contributed by atoms with Crippen LogP contribution >= 0.6 is 11.6 Å². The standard InChI is InChI=1S/C22H24ClN5O3/c1-30-19-9-16-17(10-20(19)31-2)25-13-26-21(16)27-7-8-28(22(24)29)18(12-27)15-5-3-14(11-23)4-6-15/h3-6,9-10,13,18H,7-8,11-12H2,1-2H3,(H2,24,29). The van der Waals surface area contributed by atoms with Crippen LogP contribution in [0.1, 0.15) is 17.2 Å². The highest BCUT2D eigenvalue weighted by Crippen LogP contribution is 2.36. The lowest BCUT2D eigenvalue weighted by atomic mass is 10.0. The van der Waals surface area contributed by atoms with Gasteiger partial charge in [0, 0.05) is 37.0 Å². The molecule has 0 aliphatic carbocycles. The second-order valence-corrected chi connectivity index (χ2v) is 7.56. The van der Waals surface area contributed by atoms with Gasteiger partial charge in [-0.2, -0.15) is 0 Å². The molecule has 0 radical (unpaired) electrons. The summed E-state index contributed by atoms with van der Waals surface area (Å²) in [4.78, 5) is 24.9. The van der Waals surface area contributed by atoms with E-state index >= 15 is 0 Å². The summed E-state index contributed by atoms with van der Waals surface area (Å²) in [5, 5.41) is 0.851. The average molecular weight is 442 g/mol. The number of rotatable bonds is 5. The number of methoxy groups -OCH3 is 2. The van der Waals surface area contributed by atoms with Gasteiger partial charge in [-0.15, -0.1) is 11.6 Å². The number of primary amides is 1. The fourth-order valence-electron chi connectivity index (χ4n) is 3.97. The topological polar surface area (TPSA) is 93.8 Å². The normalized spacial score (nSPS) is 16.4. The van der Waals surface area contributed by atoms with Gasteiger partial charge in [-0.25, -0.2) is 14.8 Å². The average Bonchev–Trinajstić information content (AvgIpc) is 2.82. The quantitative estimate of drug-likeness (QED) is 0.610. The number of alkyl halides is 1. The highest BCUT2D eigenvalue weighted by Gasteiger charge is 2.32. The third-order valence-corrected chi connectivity index (χ3v) is 5.91. The number of hydrogen-bond donors (Lipinski definition) is 1. The SMILES string of the molecule is COc1cc2ncnc(N3CCN(C(N)=O)C(c4ccc(CCl)cc4)C3)c2cc1OC. The Morgan fingerprint density at radius 2 is 1.84 bits per heavy atom. The van der Waals surface area contributed by atoms with Gasteiger partial charge < -0.3 is 25.0 Å². The number of anilines is 1. The van der Waals surface area contributed by atoms with Crippen LogP contribution in [-0.2, 0) is 5.88 Å². The van der Waals surface area contributed by atoms with Crippen LogP contribution < -0.4 is 20.1 Å². The number of carbonyl (C=O) groups is 1. The number of benzene rings is 2. The molecule has 1 atom stereocenters. The van der Waals surface area contributed by atoms with Crippen LogP contribution in [0.25, 0.3) is 10.9 Å². The number of hydrogen-bond acceptors (Lipinski definition) is 6. The molecule has 2 aromatic carbocycles. The molecule has 1 saturated heterocycles. The molecule has 1 aliphatic rings. The molecular formula is C22H24ClN5O3. The smallest absolute Gasteiger partial charge is 0.315 e. The first-order valence-corrected chi connectivity index (χ1v) is 10.4. The molecule has 2 heterocycles. The molecule has 1 aromatic heterocycles. The Balaban J connectivity index is 1.73. The number of fused-ring (bicyclic) bond motifs is 1. The van der Waals surface area contributed by atoms with E-state index in [-0.39, 0.29) is 6.04 Å². The van der Waals surface area contributed by atoms with E-state index in [2.05, 4.69) is 14.9 Å². The van der Waals surface area contributed by atoms with E-state index in [1.807, 2.05) is 36.4 Å². The van der Waals surface area contributed by atoms with Gasteiger partial charge in [0.05, 0.1) is 25.8 Å². The number of nitrogens with zero attached hydrogens (tertiary/aromatic N) is 4. The zero-order chi connectivity index (χ0) is 22.0. The van der Waals surface area contributed by atoms with Crippen molar-refractivity contribution in [2.45, 2.75) is 11.9 Å². The summed E-state index contributed by atoms with van der Waals surface area (Å²) < 4.78 is 10.9. The summed E-state index contributed by atoms with van der Waals surface area (Å²) in [6.45, 7) is 1.62. The van der Waals surface area contributed by atoms with E-state index in [0.29, 0.717) is 37.0 Å². The Kier molecular flexibility index (Phi) is 5.99. The molecule has 1 unspecified atom stereocenters. The van der Waals surface area contributed by atoms with Crippen molar-refractivity contribution in [3.05, 3.63) is 53.9 Å². The van der Waals surface area contributed by atoms with Crippen LogP contribution in [0.2, 0.25) is 0 Å². The molecule has 9 heteroatoms. The maximum atomic E-state index is 12.1. The Bertz CT molecular complexity index is 1090. The van der Waals surface area contributed by atoms with Crippen molar-refractivity contribution in [1.82, 2.24) is 14.9 Å². The predicted octanol–water partition coefficient (Wildman–Crippen LogP) is 3.33. The summed E-state index contributed by atoms with van der Waals surface area (Å²) in [5.74, 6) is 2.43. The van der Waals surface area contributed by atoms with E-state index < -0.39 is 6.03 Å².